The van der Waals surface area contributed by atoms with Gasteiger partial charge in [-0.15, -0.1) is 0 Å². The highest BCUT2D eigenvalue weighted by Gasteiger charge is 2.09. The van der Waals surface area contributed by atoms with Crippen LogP contribution in [0.15, 0.2) is 18.2 Å². The predicted molar refractivity (Wildman–Crippen MR) is 79.8 cm³/mol. The van der Waals surface area contributed by atoms with E-state index in [1.54, 1.807) is 0 Å². The van der Waals surface area contributed by atoms with Gasteiger partial charge in [0.2, 0.25) is 0 Å². The van der Waals surface area contributed by atoms with Gasteiger partial charge >= 0.3 is 5.96 Å². The first-order chi connectivity index (χ1) is 9.63. The Labute approximate surface area is 118 Å². The summed E-state index contributed by atoms with van der Waals surface area (Å²) in [4.78, 5) is 11.8. The molecule has 0 aliphatic heterocycles. The summed E-state index contributed by atoms with van der Waals surface area (Å²) in [5.74, 6) is 1.71. The highest BCUT2D eigenvalue weighted by atomic mass is 16.5. The van der Waals surface area contributed by atoms with Crippen molar-refractivity contribution < 1.29 is 9.73 Å². The van der Waals surface area contributed by atoms with Gasteiger partial charge in [-0.2, -0.15) is 4.98 Å². The van der Waals surface area contributed by atoms with Crippen LogP contribution in [0.25, 0.3) is 10.9 Å². The number of ether oxygens (including phenoxy) is 1. The molecule has 0 unspecified atom stereocenters. The molecule has 0 saturated carbocycles. The second kappa shape index (κ2) is 6.18. The Morgan fingerprint density at radius 3 is 2.85 bits per heavy atom. The molecule has 0 fully saturated rings. The molecule has 1 heterocycles. The summed E-state index contributed by atoms with van der Waals surface area (Å²) in [6.07, 6.45) is 0. The zero-order chi connectivity index (χ0) is 14.5. The molecule has 6 heteroatoms. The first-order valence-corrected chi connectivity index (χ1v) is 6.68. The van der Waals surface area contributed by atoms with Crippen molar-refractivity contribution in [3.63, 3.8) is 0 Å². The Kier molecular flexibility index (Phi) is 4.34. The minimum atomic E-state index is 0.437. The summed E-state index contributed by atoms with van der Waals surface area (Å²) in [6, 6.07) is 5.80. The zero-order valence-electron chi connectivity index (χ0n) is 12.0. The summed E-state index contributed by atoms with van der Waals surface area (Å²) in [7, 11) is 0. The van der Waals surface area contributed by atoms with E-state index in [1.165, 1.54) is 0 Å². The van der Waals surface area contributed by atoms with E-state index in [1.807, 2.05) is 39.0 Å². The third-order valence-corrected chi connectivity index (χ3v) is 2.78. The van der Waals surface area contributed by atoms with Crippen LogP contribution in [0.4, 0.5) is 5.95 Å². The molecule has 0 radical (unpaired) electrons. The lowest BCUT2D eigenvalue weighted by Crippen LogP contribution is -2.76. The maximum atomic E-state index is 5.78. The molecule has 0 aliphatic carbocycles. The second-order valence-corrected chi connectivity index (χ2v) is 4.31. The average molecular weight is 274 g/mol. The van der Waals surface area contributed by atoms with Crippen molar-refractivity contribution in [2.24, 2.45) is 5.73 Å². The maximum Gasteiger partial charge on any atom is 0.348 e. The largest absolute Gasteiger partial charge is 0.494 e. The number of anilines is 1. The molecule has 6 nitrogen and oxygen atoms in total. The van der Waals surface area contributed by atoms with Crippen LogP contribution in [0.3, 0.4) is 0 Å². The summed E-state index contributed by atoms with van der Waals surface area (Å²) in [5.41, 5.74) is 7.50. The summed E-state index contributed by atoms with van der Waals surface area (Å²) in [6.45, 7) is 7.23. The lowest BCUT2D eigenvalue weighted by molar-refractivity contribution is -0.453. The predicted octanol–water partition coefficient (Wildman–Crippen LogP) is 0.164. The number of nitrogens with one attached hydrogen (secondary N) is 2. The van der Waals surface area contributed by atoms with Crippen molar-refractivity contribution in [3.05, 3.63) is 23.9 Å². The standard InChI is InChI=1S/C14H19N5O/c1-4-16-13(15)19-14-17-9(3)11-7-6-10(20-5-2)8-12(11)18-14/h6-8H,4-5H2,1-3H3,(H3,15,16,17,18,19)/p+1. The van der Waals surface area contributed by atoms with Gasteiger partial charge in [-0.1, -0.05) is 0 Å². The molecule has 0 spiro atoms. The van der Waals surface area contributed by atoms with Crippen molar-refractivity contribution >= 4 is 22.8 Å². The van der Waals surface area contributed by atoms with Gasteiger partial charge < -0.3 is 4.74 Å². The molecule has 1 aromatic carbocycles. The molecule has 2 rings (SSSR count). The average Bonchev–Trinajstić information content (AvgIpc) is 2.39. The Morgan fingerprint density at radius 1 is 1.35 bits per heavy atom. The van der Waals surface area contributed by atoms with Crippen LogP contribution in [0.5, 0.6) is 5.75 Å². The fourth-order valence-corrected chi connectivity index (χ4v) is 1.94. The minimum Gasteiger partial charge on any atom is -0.494 e. The van der Waals surface area contributed by atoms with Crippen LogP contribution in [0.2, 0.25) is 0 Å². The van der Waals surface area contributed by atoms with Crippen LogP contribution in [-0.4, -0.2) is 29.1 Å². The van der Waals surface area contributed by atoms with Gasteiger partial charge in [-0.05, 0) is 32.9 Å². The highest BCUT2D eigenvalue weighted by Crippen LogP contribution is 2.22. The van der Waals surface area contributed by atoms with Gasteiger partial charge in [-0.25, -0.2) is 10.3 Å². The molecule has 106 valence electrons. The number of aryl methyl sites for hydroxylation is 1. The third kappa shape index (κ3) is 3.14. The Balaban J connectivity index is 2.40. The van der Waals surface area contributed by atoms with E-state index in [-0.39, 0.29) is 0 Å². The van der Waals surface area contributed by atoms with E-state index >= 15 is 0 Å². The molecule has 0 atom stereocenters. The molecule has 4 N–H and O–H groups in total. The lowest BCUT2D eigenvalue weighted by Gasteiger charge is -2.07. The summed E-state index contributed by atoms with van der Waals surface area (Å²) in [5, 5.41) is 3.95. The van der Waals surface area contributed by atoms with Crippen LogP contribution >= 0.6 is 0 Å². The molecule has 0 bridgehead atoms. The molecule has 0 saturated heterocycles. The lowest BCUT2D eigenvalue weighted by atomic mass is 10.2. The normalized spacial score (nSPS) is 11.7. The number of guanidine groups is 1. The Hall–Kier alpha value is -2.37. The molecule has 20 heavy (non-hydrogen) atoms. The van der Waals surface area contributed by atoms with Crippen molar-refractivity contribution in [1.82, 2.24) is 9.97 Å². The number of nitrogens with two attached hydrogens (primary N) is 1. The number of fused-ring (bicyclic) bond motifs is 1. The van der Waals surface area contributed by atoms with Crippen molar-refractivity contribution in [3.8, 4) is 5.75 Å². The zero-order valence-corrected chi connectivity index (χ0v) is 12.0. The Morgan fingerprint density at radius 2 is 2.15 bits per heavy atom. The van der Waals surface area contributed by atoms with Gasteiger partial charge in [-0.3, -0.25) is 10.7 Å². The fraction of sp³-hybridized carbons (Fsp3) is 0.357. The van der Waals surface area contributed by atoms with Gasteiger partial charge in [0, 0.05) is 11.5 Å². The minimum absolute atomic E-state index is 0.437. The number of aromatic nitrogens is 2. The summed E-state index contributed by atoms with van der Waals surface area (Å²) >= 11 is 0. The van der Waals surface area contributed by atoms with Gasteiger partial charge in [0.25, 0.3) is 5.95 Å². The molecule has 1 aromatic heterocycles. The van der Waals surface area contributed by atoms with E-state index in [0.717, 1.165) is 28.9 Å². The highest BCUT2D eigenvalue weighted by molar-refractivity contribution is 5.88. The van der Waals surface area contributed by atoms with Crippen LogP contribution in [-0.2, 0) is 0 Å². The van der Waals surface area contributed by atoms with Gasteiger partial charge in [0.05, 0.1) is 24.4 Å². The van der Waals surface area contributed by atoms with Crippen LogP contribution in [0.1, 0.15) is 19.5 Å². The molecule has 0 aliphatic rings. The van der Waals surface area contributed by atoms with E-state index in [9.17, 15) is 0 Å². The molecular formula is C14H20N5O+. The number of hydrogen-bond acceptors (Lipinski definition) is 3. The van der Waals surface area contributed by atoms with Gasteiger partial charge in [0.1, 0.15) is 5.75 Å². The molecular weight excluding hydrogens is 254 g/mol. The second-order valence-electron chi connectivity index (χ2n) is 4.31. The Bertz CT molecular complexity index is 639. The smallest absolute Gasteiger partial charge is 0.348 e. The topological polar surface area (TPSA) is 87.0 Å². The quantitative estimate of drug-likeness (QED) is 0.546. The van der Waals surface area contributed by atoms with E-state index in [0.29, 0.717) is 18.5 Å². The number of nitrogens with zero attached hydrogens (tertiary/aromatic N) is 2. The first kappa shape index (κ1) is 14.0. The van der Waals surface area contributed by atoms with Crippen LogP contribution < -0.4 is 20.8 Å². The van der Waals surface area contributed by atoms with E-state index in [2.05, 4.69) is 20.3 Å². The molecule has 0 amide bonds. The van der Waals surface area contributed by atoms with Crippen molar-refractivity contribution in [2.45, 2.75) is 20.8 Å². The summed E-state index contributed by atoms with van der Waals surface area (Å²) < 4.78 is 5.49. The van der Waals surface area contributed by atoms with Crippen molar-refractivity contribution in [2.75, 3.05) is 18.5 Å². The molecule has 2 aromatic rings. The SMILES string of the molecule is CC[NH+]=C(N)Nc1nc(C)c2ccc(OCC)cc2n1. The van der Waals surface area contributed by atoms with Gasteiger partial charge in [0.15, 0.2) is 0 Å². The maximum absolute atomic E-state index is 5.78. The first-order valence-electron chi connectivity index (χ1n) is 6.68. The third-order valence-electron chi connectivity index (χ3n) is 2.78. The fourth-order valence-electron chi connectivity index (χ4n) is 1.94. The van der Waals surface area contributed by atoms with E-state index in [4.69, 9.17) is 10.5 Å². The van der Waals surface area contributed by atoms with Crippen LogP contribution in [0, 0.1) is 6.92 Å². The van der Waals surface area contributed by atoms with Crippen molar-refractivity contribution in [1.29, 1.82) is 0 Å². The number of hydrogen-bond donors (Lipinski definition) is 3. The monoisotopic (exact) mass is 274 g/mol. The number of benzene rings is 1. The number of rotatable bonds is 4. The van der Waals surface area contributed by atoms with E-state index < -0.39 is 0 Å².